The Labute approximate surface area is 95.1 Å². The van der Waals surface area contributed by atoms with Gasteiger partial charge in [-0.2, -0.15) is 5.26 Å². The minimum Gasteiger partial charge on any atom is -0.297 e. The molecule has 1 atom stereocenters. The molecular formula is C13H15FN2. The van der Waals surface area contributed by atoms with Crippen LogP contribution in [0.15, 0.2) is 24.3 Å². The van der Waals surface area contributed by atoms with Gasteiger partial charge in [-0.25, -0.2) is 4.39 Å². The third kappa shape index (κ3) is 2.40. The molecular weight excluding hydrogens is 203 g/mol. The van der Waals surface area contributed by atoms with Crippen molar-refractivity contribution in [1.29, 1.82) is 5.26 Å². The summed E-state index contributed by atoms with van der Waals surface area (Å²) in [5.74, 6) is 0.384. The van der Waals surface area contributed by atoms with Crippen molar-refractivity contribution >= 4 is 0 Å². The molecule has 0 radical (unpaired) electrons. The van der Waals surface area contributed by atoms with Gasteiger partial charge in [0.25, 0.3) is 0 Å². The summed E-state index contributed by atoms with van der Waals surface area (Å²) in [4.78, 5) is 0. The smallest absolute Gasteiger partial charge is 0.123 e. The fraction of sp³-hybridized carbons (Fsp3) is 0.462. The predicted molar refractivity (Wildman–Crippen MR) is 60.1 cm³/mol. The maximum absolute atomic E-state index is 12.8. The fourth-order valence-corrected chi connectivity index (χ4v) is 2.16. The molecule has 3 heteroatoms. The van der Waals surface area contributed by atoms with E-state index in [-0.39, 0.29) is 11.9 Å². The van der Waals surface area contributed by atoms with E-state index >= 15 is 0 Å². The topological polar surface area (TPSA) is 35.8 Å². The van der Waals surface area contributed by atoms with Gasteiger partial charge in [-0.3, -0.25) is 5.32 Å². The minimum absolute atomic E-state index is 0.203. The molecule has 1 saturated carbocycles. The van der Waals surface area contributed by atoms with E-state index in [0.717, 1.165) is 5.56 Å². The molecule has 1 fully saturated rings. The highest BCUT2D eigenvalue weighted by Gasteiger charge is 2.27. The van der Waals surface area contributed by atoms with Crippen LogP contribution in [-0.4, -0.2) is 6.54 Å². The number of hydrogen-bond acceptors (Lipinski definition) is 2. The highest BCUT2D eigenvalue weighted by molar-refractivity contribution is 5.21. The number of nitriles is 1. The zero-order valence-corrected chi connectivity index (χ0v) is 9.12. The van der Waals surface area contributed by atoms with Gasteiger partial charge in [0.1, 0.15) is 5.82 Å². The summed E-state index contributed by atoms with van der Waals surface area (Å²) >= 11 is 0. The summed E-state index contributed by atoms with van der Waals surface area (Å²) < 4.78 is 12.8. The summed E-state index contributed by atoms with van der Waals surface area (Å²) in [5, 5.41) is 11.8. The van der Waals surface area contributed by atoms with E-state index in [4.69, 9.17) is 5.26 Å². The van der Waals surface area contributed by atoms with Crippen LogP contribution in [0.1, 0.15) is 30.9 Å². The quantitative estimate of drug-likeness (QED) is 0.789. The molecule has 84 valence electrons. The van der Waals surface area contributed by atoms with Gasteiger partial charge < -0.3 is 0 Å². The lowest BCUT2D eigenvalue weighted by molar-refractivity contribution is 0.235. The minimum atomic E-state index is -0.212. The molecule has 1 aliphatic carbocycles. The average molecular weight is 218 g/mol. The van der Waals surface area contributed by atoms with E-state index in [1.54, 1.807) is 0 Å². The van der Waals surface area contributed by atoms with Crippen molar-refractivity contribution in [3.05, 3.63) is 35.6 Å². The normalized spacial score (nSPS) is 17.5. The first kappa shape index (κ1) is 11.1. The molecule has 16 heavy (non-hydrogen) atoms. The highest BCUT2D eigenvalue weighted by Crippen LogP contribution is 2.37. The Bertz CT molecular complexity index is 376. The molecule has 0 aliphatic heterocycles. The van der Waals surface area contributed by atoms with E-state index in [0.29, 0.717) is 12.5 Å². The van der Waals surface area contributed by atoms with Crippen LogP contribution < -0.4 is 5.32 Å². The molecule has 1 aromatic rings. The van der Waals surface area contributed by atoms with Crippen LogP contribution in [0.3, 0.4) is 0 Å². The van der Waals surface area contributed by atoms with Crippen LogP contribution in [0.4, 0.5) is 4.39 Å². The zero-order chi connectivity index (χ0) is 11.4. The first-order chi connectivity index (χ1) is 7.81. The van der Waals surface area contributed by atoms with Gasteiger partial charge in [-0.05, 0) is 36.5 Å². The Morgan fingerprint density at radius 2 is 2.06 bits per heavy atom. The Morgan fingerprint density at radius 3 is 2.56 bits per heavy atom. The number of halogens is 1. The van der Waals surface area contributed by atoms with Crippen LogP contribution >= 0.6 is 0 Å². The number of hydrogen-bond donors (Lipinski definition) is 1. The van der Waals surface area contributed by atoms with Gasteiger partial charge in [-0.15, -0.1) is 0 Å². The van der Waals surface area contributed by atoms with Gasteiger partial charge in [0, 0.05) is 6.04 Å². The van der Waals surface area contributed by atoms with Gasteiger partial charge in [0.2, 0.25) is 0 Å². The standard InChI is InChI=1S/C13H15FN2/c14-12-6-4-11(5-7-12)13(16-9-8-15)10-2-1-3-10/h4-7,10,13,16H,1-3,9H2/t13-/m1/s1. The molecule has 0 heterocycles. The highest BCUT2D eigenvalue weighted by atomic mass is 19.1. The zero-order valence-electron chi connectivity index (χ0n) is 9.12. The number of nitrogens with one attached hydrogen (secondary N) is 1. The first-order valence-corrected chi connectivity index (χ1v) is 5.67. The molecule has 1 N–H and O–H groups in total. The second-order valence-corrected chi connectivity index (χ2v) is 4.26. The number of benzene rings is 1. The Kier molecular flexibility index (Phi) is 3.53. The van der Waals surface area contributed by atoms with Crippen LogP contribution in [0.25, 0.3) is 0 Å². The van der Waals surface area contributed by atoms with Crippen LogP contribution in [0.2, 0.25) is 0 Å². The monoisotopic (exact) mass is 218 g/mol. The maximum atomic E-state index is 12.8. The van der Waals surface area contributed by atoms with Crippen molar-refractivity contribution in [1.82, 2.24) is 5.32 Å². The number of rotatable bonds is 4. The summed E-state index contributed by atoms with van der Waals surface area (Å²) in [7, 11) is 0. The molecule has 0 unspecified atom stereocenters. The maximum Gasteiger partial charge on any atom is 0.123 e. The summed E-state index contributed by atoms with van der Waals surface area (Å²) in [6.07, 6.45) is 3.65. The van der Waals surface area contributed by atoms with Crippen molar-refractivity contribution in [3.8, 4) is 6.07 Å². The van der Waals surface area contributed by atoms with Crippen molar-refractivity contribution in [2.45, 2.75) is 25.3 Å². The molecule has 0 aromatic heterocycles. The van der Waals surface area contributed by atoms with Crippen molar-refractivity contribution in [2.24, 2.45) is 5.92 Å². The largest absolute Gasteiger partial charge is 0.297 e. The van der Waals surface area contributed by atoms with Crippen molar-refractivity contribution < 1.29 is 4.39 Å². The average Bonchev–Trinajstić information content (AvgIpc) is 2.23. The SMILES string of the molecule is N#CCN[C@@H](c1ccc(F)cc1)C1CCC1. The first-order valence-electron chi connectivity index (χ1n) is 5.67. The van der Waals surface area contributed by atoms with Gasteiger partial charge in [0.15, 0.2) is 0 Å². The predicted octanol–water partition coefficient (Wildman–Crippen LogP) is 2.78. The Morgan fingerprint density at radius 1 is 1.38 bits per heavy atom. The molecule has 0 spiro atoms. The summed E-state index contributed by atoms with van der Waals surface area (Å²) in [6.45, 7) is 0.346. The molecule has 0 saturated heterocycles. The summed E-state index contributed by atoms with van der Waals surface area (Å²) in [5.41, 5.74) is 1.08. The number of nitrogens with zero attached hydrogens (tertiary/aromatic N) is 1. The second-order valence-electron chi connectivity index (χ2n) is 4.26. The van der Waals surface area contributed by atoms with E-state index in [1.165, 1.54) is 31.4 Å². The lowest BCUT2D eigenvalue weighted by Gasteiger charge is -2.34. The van der Waals surface area contributed by atoms with Gasteiger partial charge >= 0.3 is 0 Å². The van der Waals surface area contributed by atoms with E-state index in [9.17, 15) is 4.39 Å². The molecule has 2 nitrogen and oxygen atoms in total. The Hall–Kier alpha value is -1.40. The summed E-state index contributed by atoms with van der Waals surface area (Å²) in [6, 6.07) is 8.88. The Balaban J connectivity index is 2.10. The molecule has 1 aliphatic rings. The fourth-order valence-electron chi connectivity index (χ4n) is 2.16. The van der Waals surface area contributed by atoms with Crippen molar-refractivity contribution in [3.63, 3.8) is 0 Å². The van der Waals surface area contributed by atoms with E-state index in [1.807, 2.05) is 12.1 Å². The lowest BCUT2D eigenvalue weighted by Crippen LogP contribution is -2.32. The van der Waals surface area contributed by atoms with Gasteiger partial charge in [0.05, 0.1) is 12.6 Å². The molecule has 1 aromatic carbocycles. The van der Waals surface area contributed by atoms with Gasteiger partial charge in [-0.1, -0.05) is 18.6 Å². The second kappa shape index (κ2) is 5.09. The van der Waals surface area contributed by atoms with E-state index in [2.05, 4.69) is 11.4 Å². The molecule has 0 amide bonds. The van der Waals surface area contributed by atoms with E-state index < -0.39 is 0 Å². The molecule has 2 rings (SSSR count). The third-order valence-electron chi connectivity index (χ3n) is 3.25. The van der Waals surface area contributed by atoms with Crippen LogP contribution in [0, 0.1) is 23.1 Å². The van der Waals surface area contributed by atoms with Crippen molar-refractivity contribution in [2.75, 3.05) is 6.54 Å². The molecule has 0 bridgehead atoms. The third-order valence-corrected chi connectivity index (χ3v) is 3.25. The lowest BCUT2D eigenvalue weighted by atomic mass is 9.77. The van der Waals surface area contributed by atoms with Crippen LogP contribution in [0.5, 0.6) is 0 Å². The van der Waals surface area contributed by atoms with Crippen LogP contribution in [-0.2, 0) is 0 Å².